The van der Waals surface area contributed by atoms with Crippen molar-refractivity contribution in [2.45, 2.75) is 13.0 Å². The Kier molecular flexibility index (Phi) is 3.87. The number of carbonyl (C=O) groups excluding carboxylic acids is 1. The molecule has 0 radical (unpaired) electrons. The number of thiocarbonyl (C=S) groups is 1. The maximum Gasteiger partial charge on any atom is 0.276 e. The first-order valence-electron chi connectivity index (χ1n) is 5.78. The highest BCUT2D eigenvalue weighted by Gasteiger charge is 2.26. The maximum absolute atomic E-state index is 12.0. The molecule has 1 atom stereocenters. The molecule has 1 aliphatic rings. The van der Waals surface area contributed by atoms with E-state index in [0.29, 0.717) is 23.8 Å². The number of hydrogen-bond acceptors (Lipinski definition) is 5. The fourth-order valence-electron chi connectivity index (χ4n) is 1.96. The van der Waals surface area contributed by atoms with Gasteiger partial charge in [-0.25, -0.2) is 0 Å². The summed E-state index contributed by atoms with van der Waals surface area (Å²) < 4.78 is 0. The number of amides is 1. The molecule has 0 spiro atoms. The molecule has 0 saturated carbocycles. The maximum atomic E-state index is 12.0. The predicted molar refractivity (Wildman–Crippen MR) is 70.1 cm³/mol. The topological polar surface area (TPSA) is 91.1 Å². The lowest BCUT2D eigenvalue weighted by molar-refractivity contribution is 0.0616. The van der Waals surface area contributed by atoms with Crippen molar-refractivity contribution in [3.63, 3.8) is 0 Å². The molecule has 1 aromatic heterocycles. The Morgan fingerprint density at radius 2 is 2.17 bits per heavy atom. The van der Waals surface area contributed by atoms with E-state index in [9.17, 15) is 4.79 Å². The summed E-state index contributed by atoms with van der Waals surface area (Å²) in [6.07, 6.45) is 1.44. The molecule has 2 heterocycles. The SMILES string of the molecule is CC(C(N)=S)N1CCN(C(=O)c2cn[nH]n2)CC1. The van der Waals surface area contributed by atoms with Gasteiger partial charge in [0, 0.05) is 26.2 Å². The molecular formula is C10H16N6OS. The van der Waals surface area contributed by atoms with Crippen LogP contribution in [0.2, 0.25) is 0 Å². The molecule has 0 aliphatic carbocycles. The van der Waals surface area contributed by atoms with Crippen molar-refractivity contribution in [3.8, 4) is 0 Å². The third kappa shape index (κ3) is 2.65. The molecular weight excluding hydrogens is 252 g/mol. The summed E-state index contributed by atoms with van der Waals surface area (Å²) in [7, 11) is 0. The largest absolute Gasteiger partial charge is 0.392 e. The van der Waals surface area contributed by atoms with Crippen molar-refractivity contribution < 1.29 is 4.79 Å². The van der Waals surface area contributed by atoms with Gasteiger partial charge in [0.2, 0.25) is 0 Å². The van der Waals surface area contributed by atoms with Gasteiger partial charge in [0.05, 0.1) is 17.2 Å². The van der Waals surface area contributed by atoms with Crippen LogP contribution in [0.5, 0.6) is 0 Å². The molecule has 1 aliphatic heterocycles. The summed E-state index contributed by atoms with van der Waals surface area (Å²) in [6.45, 7) is 4.82. The first kappa shape index (κ1) is 12.9. The standard InChI is InChI=1S/C10H16N6OS/c1-7(9(11)18)15-2-4-16(5-3-15)10(17)8-6-12-14-13-8/h6-7H,2-5H2,1H3,(H2,11,18)(H,12,13,14). The Labute approximate surface area is 110 Å². The van der Waals surface area contributed by atoms with E-state index in [1.54, 1.807) is 4.90 Å². The first-order chi connectivity index (χ1) is 8.59. The summed E-state index contributed by atoms with van der Waals surface area (Å²) in [4.78, 5) is 16.4. The minimum Gasteiger partial charge on any atom is -0.392 e. The van der Waals surface area contributed by atoms with Gasteiger partial charge < -0.3 is 10.6 Å². The average molecular weight is 268 g/mol. The van der Waals surface area contributed by atoms with Crippen LogP contribution < -0.4 is 5.73 Å². The van der Waals surface area contributed by atoms with E-state index in [1.165, 1.54) is 6.20 Å². The summed E-state index contributed by atoms with van der Waals surface area (Å²) in [5.41, 5.74) is 5.98. The van der Waals surface area contributed by atoms with Crippen LogP contribution in [0, 0.1) is 0 Å². The van der Waals surface area contributed by atoms with E-state index in [4.69, 9.17) is 18.0 Å². The Balaban J connectivity index is 1.91. The highest BCUT2D eigenvalue weighted by atomic mass is 32.1. The summed E-state index contributed by atoms with van der Waals surface area (Å²) in [5.74, 6) is -0.0913. The Hall–Kier alpha value is -1.54. The molecule has 1 unspecified atom stereocenters. The van der Waals surface area contributed by atoms with Crippen LogP contribution in [0.3, 0.4) is 0 Å². The fourth-order valence-corrected chi connectivity index (χ4v) is 2.11. The van der Waals surface area contributed by atoms with Gasteiger partial charge in [-0.05, 0) is 6.92 Å². The van der Waals surface area contributed by atoms with Crippen LogP contribution in [0.4, 0.5) is 0 Å². The van der Waals surface area contributed by atoms with Gasteiger partial charge in [-0.2, -0.15) is 15.4 Å². The van der Waals surface area contributed by atoms with E-state index in [-0.39, 0.29) is 11.9 Å². The Morgan fingerprint density at radius 1 is 1.50 bits per heavy atom. The van der Waals surface area contributed by atoms with Crippen LogP contribution in [-0.4, -0.2) is 68.3 Å². The third-order valence-corrected chi connectivity index (χ3v) is 3.54. The zero-order chi connectivity index (χ0) is 13.1. The number of aromatic amines is 1. The minimum atomic E-state index is -0.0913. The van der Waals surface area contributed by atoms with Crippen molar-refractivity contribution in [1.82, 2.24) is 25.2 Å². The molecule has 1 aromatic rings. The number of nitrogens with zero attached hydrogens (tertiary/aromatic N) is 4. The van der Waals surface area contributed by atoms with Crippen molar-refractivity contribution >= 4 is 23.1 Å². The number of aromatic nitrogens is 3. The van der Waals surface area contributed by atoms with E-state index >= 15 is 0 Å². The summed E-state index contributed by atoms with van der Waals surface area (Å²) in [5, 5.41) is 9.87. The first-order valence-corrected chi connectivity index (χ1v) is 6.19. The monoisotopic (exact) mass is 268 g/mol. The molecule has 0 aromatic carbocycles. The predicted octanol–water partition coefficient (Wildman–Crippen LogP) is -0.763. The second-order valence-corrected chi connectivity index (χ2v) is 4.73. The van der Waals surface area contributed by atoms with Gasteiger partial charge in [-0.1, -0.05) is 12.2 Å². The van der Waals surface area contributed by atoms with Gasteiger partial charge in [0.15, 0.2) is 5.69 Å². The van der Waals surface area contributed by atoms with Crippen LogP contribution >= 0.6 is 12.2 Å². The van der Waals surface area contributed by atoms with E-state index in [0.717, 1.165) is 13.1 Å². The molecule has 98 valence electrons. The van der Waals surface area contributed by atoms with Gasteiger partial charge >= 0.3 is 0 Å². The quantitative estimate of drug-likeness (QED) is 0.700. The van der Waals surface area contributed by atoms with E-state index in [2.05, 4.69) is 20.3 Å². The van der Waals surface area contributed by atoms with Gasteiger partial charge in [-0.15, -0.1) is 0 Å². The minimum absolute atomic E-state index is 0.0734. The molecule has 3 N–H and O–H groups in total. The number of H-pyrrole nitrogens is 1. The number of carbonyl (C=O) groups is 1. The number of piperazine rings is 1. The van der Waals surface area contributed by atoms with E-state index in [1.807, 2.05) is 6.92 Å². The second kappa shape index (κ2) is 5.40. The van der Waals surface area contributed by atoms with Crippen molar-refractivity contribution in [1.29, 1.82) is 0 Å². The second-order valence-electron chi connectivity index (χ2n) is 4.26. The van der Waals surface area contributed by atoms with Crippen LogP contribution in [0.25, 0.3) is 0 Å². The molecule has 18 heavy (non-hydrogen) atoms. The normalized spacial score (nSPS) is 18.6. The van der Waals surface area contributed by atoms with Gasteiger partial charge in [0.25, 0.3) is 5.91 Å². The lowest BCUT2D eigenvalue weighted by atomic mass is 10.2. The summed E-state index contributed by atoms with van der Waals surface area (Å²) >= 11 is 4.98. The highest BCUT2D eigenvalue weighted by Crippen LogP contribution is 2.09. The number of nitrogens with one attached hydrogen (secondary N) is 1. The molecule has 8 heteroatoms. The zero-order valence-electron chi connectivity index (χ0n) is 10.2. The lowest BCUT2D eigenvalue weighted by Crippen LogP contribution is -2.54. The third-order valence-electron chi connectivity index (χ3n) is 3.20. The van der Waals surface area contributed by atoms with Crippen LogP contribution in [-0.2, 0) is 0 Å². The number of rotatable bonds is 3. The van der Waals surface area contributed by atoms with Crippen molar-refractivity contribution in [3.05, 3.63) is 11.9 Å². The van der Waals surface area contributed by atoms with E-state index < -0.39 is 0 Å². The highest BCUT2D eigenvalue weighted by molar-refractivity contribution is 7.80. The molecule has 1 amide bonds. The molecule has 0 bridgehead atoms. The Morgan fingerprint density at radius 3 is 2.67 bits per heavy atom. The number of nitrogens with two attached hydrogens (primary N) is 1. The fraction of sp³-hybridized carbons (Fsp3) is 0.600. The van der Waals surface area contributed by atoms with Crippen molar-refractivity contribution in [2.24, 2.45) is 5.73 Å². The Bertz CT molecular complexity index is 426. The molecule has 2 rings (SSSR count). The lowest BCUT2D eigenvalue weighted by Gasteiger charge is -2.37. The van der Waals surface area contributed by atoms with Gasteiger partial charge in [-0.3, -0.25) is 9.69 Å². The zero-order valence-corrected chi connectivity index (χ0v) is 11.0. The van der Waals surface area contributed by atoms with Gasteiger partial charge in [0.1, 0.15) is 0 Å². The molecule has 1 saturated heterocycles. The number of hydrogen-bond donors (Lipinski definition) is 2. The van der Waals surface area contributed by atoms with Crippen LogP contribution in [0.1, 0.15) is 17.4 Å². The smallest absolute Gasteiger partial charge is 0.276 e. The average Bonchev–Trinajstić information content (AvgIpc) is 2.91. The molecule has 7 nitrogen and oxygen atoms in total. The molecule has 1 fully saturated rings. The van der Waals surface area contributed by atoms with Crippen LogP contribution in [0.15, 0.2) is 6.20 Å². The summed E-state index contributed by atoms with van der Waals surface area (Å²) in [6, 6.07) is 0.0734. The van der Waals surface area contributed by atoms with Crippen molar-refractivity contribution in [2.75, 3.05) is 26.2 Å².